The quantitative estimate of drug-likeness (QED) is 0.784. The minimum absolute atomic E-state index is 0.123. The highest BCUT2D eigenvalue weighted by Gasteiger charge is 2.33. The Morgan fingerprint density at radius 3 is 2.81 bits per heavy atom. The maximum Gasteiger partial charge on any atom is 0.338 e. The number of ether oxygens (including phenoxy) is 1. The van der Waals surface area contributed by atoms with Crippen molar-refractivity contribution >= 4 is 35.2 Å². The van der Waals surface area contributed by atoms with E-state index in [4.69, 9.17) is 4.74 Å². The van der Waals surface area contributed by atoms with Crippen LogP contribution in [0.2, 0.25) is 0 Å². The van der Waals surface area contributed by atoms with Crippen molar-refractivity contribution in [1.29, 1.82) is 5.26 Å². The first-order chi connectivity index (χ1) is 12.5. The fourth-order valence-corrected chi connectivity index (χ4v) is 3.94. The second kappa shape index (κ2) is 7.79. The highest BCUT2D eigenvalue weighted by atomic mass is 32.2. The van der Waals surface area contributed by atoms with Gasteiger partial charge in [0.05, 0.1) is 23.1 Å². The standard InChI is InChI=1S/C18H19N3O4S/c19-11-18(6-2-1-3-7-18)21-15(22)9-25-17(24)12-4-5-14-13(8-12)20-16(23)10-26-14/h4-5,8H,1-3,6-7,9-10H2,(H,20,23)(H,21,22). The van der Waals surface area contributed by atoms with Crippen molar-refractivity contribution in [3.63, 3.8) is 0 Å². The van der Waals surface area contributed by atoms with E-state index in [9.17, 15) is 19.6 Å². The number of rotatable bonds is 4. The van der Waals surface area contributed by atoms with Crippen LogP contribution in [0.3, 0.4) is 0 Å². The number of nitrogens with zero attached hydrogens (tertiary/aromatic N) is 1. The lowest BCUT2D eigenvalue weighted by Gasteiger charge is -2.31. The molecule has 0 aromatic heterocycles. The molecular weight excluding hydrogens is 354 g/mol. The van der Waals surface area contributed by atoms with Gasteiger partial charge in [0.2, 0.25) is 5.91 Å². The van der Waals surface area contributed by atoms with Crippen LogP contribution in [0.1, 0.15) is 42.5 Å². The van der Waals surface area contributed by atoms with Crippen LogP contribution in [0.4, 0.5) is 5.69 Å². The molecule has 26 heavy (non-hydrogen) atoms. The molecule has 1 heterocycles. The summed E-state index contributed by atoms with van der Waals surface area (Å²) in [4.78, 5) is 36.6. The smallest absolute Gasteiger partial charge is 0.338 e. The van der Waals surface area contributed by atoms with Crippen LogP contribution >= 0.6 is 11.8 Å². The maximum atomic E-state index is 12.2. The molecule has 1 aromatic rings. The highest BCUT2D eigenvalue weighted by Crippen LogP contribution is 2.32. The first-order valence-corrected chi connectivity index (χ1v) is 9.46. The topological polar surface area (TPSA) is 108 Å². The molecule has 0 unspecified atom stereocenters. The summed E-state index contributed by atoms with van der Waals surface area (Å²) in [5.41, 5.74) is -0.0301. The third-order valence-corrected chi connectivity index (χ3v) is 5.56. The van der Waals surface area contributed by atoms with Crippen molar-refractivity contribution in [2.45, 2.75) is 42.5 Å². The Labute approximate surface area is 155 Å². The monoisotopic (exact) mass is 373 g/mol. The van der Waals surface area contributed by atoms with Crippen LogP contribution < -0.4 is 10.6 Å². The number of esters is 1. The van der Waals surface area contributed by atoms with Gasteiger partial charge in [0.25, 0.3) is 5.91 Å². The van der Waals surface area contributed by atoms with Gasteiger partial charge in [-0.25, -0.2) is 4.79 Å². The largest absolute Gasteiger partial charge is 0.452 e. The summed E-state index contributed by atoms with van der Waals surface area (Å²) in [6, 6.07) is 7.07. The molecule has 1 saturated carbocycles. The summed E-state index contributed by atoms with van der Waals surface area (Å²) in [6.45, 7) is -0.444. The summed E-state index contributed by atoms with van der Waals surface area (Å²) in [7, 11) is 0. The molecule has 2 N–H and O–H groups in total. The van der Waals surface area contributed by atoms with Crippen molar-refractivity contribution in [1.82, 2.24) is 5.32 Å². The molecule has 1 fully saturated rings. The summed E-state index contributed by atoms with van der Waals surface area (Å²) in [5, 5.41) is 14.8. The van der Waals surface area contributed by atoms with E-state index >= 15 is 0 Å². The van der Waals surface area contributed by atoms with Gasteiger partial charge in [-0.1, -0.05) is 19.3 Å². The van der Waals surface area contributed by atoms with E-state index in [1.54, 1.807) is 12.1 Å². The molecule has 0 radical (unpaired) electrons. The second-order valence-electron chi connectivity index (χ2n) is 6.43. The number of anilines is 1. The fourth-order valence-electron chi connectivity index (χ4n) is 3.15. The number of carbonyl (C=O) groups excluding carboxylic acids is 3. The molecule has 2 aliphatic rings. The Balaban J connectivity index is 1.57. The Hall–Kier alpha value is -2.53. The highest BCUT2D eigenvalue weighted by molar-refractivity contribution is 8.00. The van der Waals surface area contributed by atoms with Crippen molar-refractivity contribution < 1.29 is 19.1 Å². The molecule has 0 spiro atoms. The number of benzene rings is 1. The Bertz CT molecular complexity index is 781. The zero-order valence-electron chi connectivity index (χ0n) is 14.2. The van der Waals surface area contributed by atoms with Gasteiger partial charge >= 0.3 is 5.97 Å². The van der Waals surface area contributed by atoms with Gasteiger partial charge in [-0.05, 0) is 31.0 Å². The third kappa shape index (κ3) is 4.17. The molecule has 1 aromatic carbocycles. The normalized spacial score (nSPS) is 18.0. The molecule has 0 bridgehead atoms. The van der Waals surface area contributed by atoms with E-state index in [1.807, 2.05) is 0 Å². The van der Waals surface area contributed by atoms with Crippen LogP contribution in [-0.2, 0) is 14.3 Å². The third-order valence-electron chi connectivity index (χ3n) is 4.48. The van der Waals surface area contributed by atoms with E-state index in [0.29, 0.717) is 24.3 Å². The fraction of sp³-hybridized carbons (Fsp3) is 0.444. The van der Waals surface area contributed by atoms with Crippen molar-refractivity contribution in [3.05, 3.63) is 23.8 Å². The molecule has 1 aliphatic heterocycles. The lowest BCUT2D eigenvalue weighted by Crippen LogP contribution is -2.50. The molecule has 8 heteroatoms. The minimum atomic E-state index is -0.852. The van der Waals surface area contributed by atoms with Gasteiger partial charge in [-0.15, -0.1) is 11.8 Å². The number of nitriles is 1. The summed E-state index contributed by atoms with van der Waals surface area (Å²) in [5.74, 6) is -0.912. The predicted molar refractivity (Wildman–Crippen MR) is 95.6 cm³/mol. The number of carbonyl (C=O) groups is 3. The van der Waals surface area contributed by atoms with Crippen molar-refractivity contribution in [2.75, 3.05) is 17.7 Å². The van der Waals surface area contributed by atoms with Gasteiger partial charge in [0, 0.05) is 4.90 Å². The SMILES string of the molecule is N#CC1(NC(=O)COC(=O)c2ccc3c(c2)NC(=O)CS3)CCCCC1. The lowest BCUT2D eigenvalue weighted by molar-refractivity contribution is -0.126. The van der Waals surface area contributed by atoms with Crippen LogP contribution in [0.5, 0.6) is 0 Å². The number of nitrogens with one attached hydrogen (secondary N) is 2. The van der Waals surface area contributed by atoms with Gasteiger partial charge in [0.1, 0.15) is 5.54 Å². The lowest BCUT2D eigenvalue weighted by atomic mass is 9.83. The van der Waals surface area contributed by atoms with Gasteiger partial charge in [-0.2, -0.15) is 5.26 Å². The van der Waals surface area contributed by atoms with E-state index in [2.05, 4.69) is 16.7 Å². The second-order valence-corrected chi connectivity index (χ2v) is 7.44. The maximum absolute atomic E-state index is 12.2. The number of hydrogen-bond donors (Lipinski definition) is 2. The van der Waals surface area contributed by atoms with E-state index in [-0.39, 0.29) is 11.5 Å². The van der Waals surface area contributed by atoms with E-state index in [1.165, 1.54) is 17.8 Å². The van der Waals surface area contributed by atoms with Crippen molar-refractivity contribution in [2.24, 2.45) is 0 Å². The van der Waals surface area contributed by atoms with E-state index < -0.39 is 24.0 Å². The van der Waals surface area contributed by atoms with Gasteiger partial charge in [0.15, 0.2) is 6.61 Å². The molecule has 0 saturated heterocycles. The summed E-state index contributed by atoms with van der Waals surface area (Å²) in [6.07, 6.45) is 4.08. The number of amides is 2. The summed E-state index contributed by atoms with van der Waals surface area (Å²) >= 11 is 1.40. The Kier molecular flexibility index (Phi) is 5.47. The molecule has 3 rings (SSSR count). The molecule has 2 amide bonds. The molecular formula is C18H19N3O4S. The van der Waals surface area contributed by atoms with Crippen LogP contribution in [0, 0.1) is 11.3 Å². The number of hydrogen-bond acceptors (Lipinski definition) is 6. The minimum Gasteiger partial charge on any atom is -0.452 e. The van der Waals surface area contributed by atoms with Crippen LogP contribution in [0.15, 0.2) is 23.1 Å². The first kappa shape index (κ1) is 18.3. The van der Waals surface area contributed by atoms with Gasteiger partial charge < -0.3 is 15.4 Å². The number of thioether (sulfide) groups is 1. The average molecular weight is 373 g/mol. The Morgan fingerprint density at radius 1 is 1.31 bits per heavy atom. The molecule has 136 valence electrons. The zero-order chi connectivity index (χ0) is 18.6. The van der Waals surface area contributed by atoms with Gasteiger partial charge in [-0.3, -0.25) is 9.59 Å². The zero-order valence-corrected chi connectivity index (χ0v) is 15.0. The van der Waals surface area contributed by atoms with Crippen molar-refractivity contribution in [3.8, 4) is 6.07 Å². The first-order valence-electron chi connectivity index (χ1n) is 8.47. The van der Waals surface area contributed by atoms with E-state index in [0.717, 1.165) is 24.2 Å². The molecule has 0 atom stereocenters. The molecule has 1 aliphatic carbocycles. The predicted octanol–water partition coefficient (Wildman–Crippen LogP) is 2.23. The number of fused-ring (bicyclic) bond motifs is 1. The molecule has 7 nitrogen and oxygen atoms in total. The summed E-state index contributed by atoms with van der Waals surface area (Å²) < 4.78 is 5.06. The van der Waals surface area contributed by atoms with Crippen LogP contribution in [-0.4, -0.2) is 35.7 Å². The average Bonchev–Trinajstić information content (AvgIpc) is 2.66. The van der Waals surface area contributed by atoms with Crippen LogP contribution in [0.25, 0.3) is 0 Å². The Morgan fingerprint density at radius 2 is 2.08 bits per heavy atom.